The van der Waals surface area contributed by atoms with Crippen LogP contribution in [0.1, 0.15) is 0 Å². The molecule has 0 fully saturated rings. The molecule has 0 aliphatic rings. The van der Waals surface area contributed by atoms with E-state index in [2.05, 4.69) is 21.2 Å². The molecular weight excluding hydrogens is 482 g/mol. The Bertz CT molecular complexity index is 697. The van der Waals surface area contributed by atoms with E-state index in [1.807, 2.05) is 22.6 Å². The number of nitro benzene ring substituents is 1. The Morgan fingerprint density at radius 3 is 2.50 bits per heavy atom. The van der Waals surface area contributed by atoms with Crippen LogP contribution in [-0.2, 0) is 0 Å². The zero-order valence-electron chi connectivity index (χ0n) is 9.66. The predicted octanol–water partition coefficient (Wildman–Crippen LogP) is 6.01. The van der Waals surface area contributed by atoms with Crippen molar-refractivity contribution in [3.05, 3.63) is 58.5 Å². The predicted molar refractivity (Wildman–Crippen MR) is 93.3 cm³/mol. The Morgan fingerprint density at radius 1 is 1.20 bits per heavy atom. The van der Waals surface area contributed by atoms with Crippen LogP contribution in [0, 0.1) is 13.7 Å². The van der Waals surface area contributed by atoms with Crippen molar-refractivity contribution in [3.63, 3.8) is 0 Å². The average molecular weight is 488 g/mol. The van der Waals surface area contributed by atoms with Gasteiger partial charge >= 0.3 is 0 Å². The Morgan fingerprint density at radius 2 is 1.90 bits per heavy atom. The molecule has 0 spiro atoms. The van der Waals surface area contributed by atoms with Crippen LogP contribution < -0.4 is 5.32 Å². The number of hydrogen-bond acceptors (Lipinski definition) is 3. The highest BCUT2D eigenvalue weighted by Crippen LogP contribution is 2.37. The molecule has 0 radical (unpaired) electrons. The number of benzene rings is 2. The summed E-state index contributed by atoms with van der Waals surface area (Å²) in [5.41, 5.74) is 1.39. The average Bonchev–Trinajstić information content (AvgIpc) is 2.39. The first-order chi connectivity index (χ1) is 9.40. The van der Waals surface area contributed by atoms with Crippen LogP contribution in [0.3, 0.4) is 0 Å². The quantitative estimate of drug-likeness (QED) is 0.249. The molecule has 0 unspecified atom stereocenters. The molecule has 0 heterocycles. The first-order valence-electron chi connectivity index (χ1n) is 5.24. The number of rotatable bonds is 3. The van der Waals surface area contributed by atoms with E-state index in [0.29, 0.717) is 29.5 Å². The monoisotopic (exact) mass is 486 g/mol. The zero-order valence-corrected chi connectivity index (χ0v) is 14.9. The molecule has 0 saturated heterocycles. The molecule has 104 valence electrons. The van der Waals surface area contributed by atoms with Gasteiger partial charge in [-0.3, -0.25) is 10.1 Å². The standard InChI is InChI=1S/C12H6BrCl2IN2O2/c13-7-2-3-9(12(15)11(7)14)17-6-1-4-10(18(19)20)8(16)5-6/h1-5,17H. The molecule has 0 saturated carbocycles. The number of hydrogen-bond donors (Lipinski definition) is 1. The van der Waals surface area contributed by atoms with Crippen LogP contribution in [0.4, 0.5) is 17.1 Å². The lowest BCUT2D eigenvalue weighted by molar-refractivity contribution is -0.385. The second kappa shape index (κ2) is 6.46. The summed E-state index contributed by atoms with van der Waals surface area (Å²) in [5.74, 6) is 0. The summed E-state index contributed by atoms with van der Waals surface area (Å²) >= 11 is 17.4. The molecule has 20 heavy (non-hydrogen) atoms. The summed E-state index contributed by atoms with van der Waals surface area (Å²) in [5, 5.41) is 14.6. The summed E-state index contributed by atoms with van der Waals surface area (Å²) in [6.07, 6.45) is 0. The first-order valence-corrected chi connectivity index (χ1v) is 7.87. The van der Waals surface area contributed by atoms with Gasteiger partial charge in [-0.2, -0.15) is 0 Å². The van der Waals surface area contributed by atoms with Crippen molar-refractivity contribution in [2.75, 3.05) is 5.32 Å². The van der Waals surface area contributed by atoms with Gasteiger partial charge in [-0.25, -0.2) is 0 Å². The SMILES string of the molecule is O=[N+]([O-])c1ccc(Nc2ccc(Br)c(Cl)c2Cl)cc1I. The number of halogens is 4. The summed E-state index contributed by atoms with van der Waals surface area (Å²) in [6, 6.07) is 8.27. The maximum absolute atomic E-state index is 10.8. The number of nitrogens with zero attached hydrogens (tertiary/aromatic N) is 1. The minimum atomic E-state index is -0.422. The molecule has 0 atom stereocenters. The molecule has 8 heteroatoms. The van der Waals surface area contributed by atoms with E-state index < -0.39 is 4.92 Å². The van der Waals surface area contributed by atoms with E-state index in [9.17, 15) is 10.1 Å². The van der Waals surface area contributed by atoms with Crippen LogP contribution in [0.2, 0.25) is 10.0 Å². The van der Waals surface area contributed by atoms with Gasteiger partial charge in [0.15, 0.2) is 0 Å². The van der Waals surface area contributed by atoms with Crippen molar-refractivity contribution in [2.24, 2.45) is 0 Å². The second-order valence-electron chi connectivity index (χ2n) is 3.77. The minimum Gasteiger partial charge on any atom is -0.354 e. The van der Waals surface area contributed by atoms with Crippen molar-refractivity contribution in [1.82, 2.24) is 0 Å². The molecular formula is C12H6BrCl2IN2O2. The van der Waals surface area contributed by atoms with Gasteiger partial charge < -0.3 is 5.32 Å². The smallest absolute Gasteiger partial charge is 0.282 e. The highest BCUT2D eigenvalue weighted by atomic mass is 127. The third-order valence-electron chi connectivity index (χ3n) is 2.46. The zero-order chi connectivity index (χ0) is 14.9. The fraction of sp³-hybridized carbons (Fsp3) is 0. The third kappa shape index (κ3) is 3.36. The highest BCUT2D eigenvalue weighted by molar-refractivity contribution is 14.1. The van der Waals surface area contributed by atoms with Gasteiger partial charge in [-0.05, 0) is 62.8 Å². The van der Waals surface area contributed by atoms with Gasteiger partial charge in [-0.15, -0.1) is 0 Å². The van der Waals surface area contributed by atoms with Crippen LogP contribution >= 0.6 is 61.7 Å². The van der Waals surface area contributed by atoms with Gasteiger partial charge in [0.05, 0.1) is 24.2 Å². The number of anilines is 2. The lowest BCUT2D eigenvalue weighted by atomic mass is 10.2. The van der Waals surface area contributed by atoms with E-state index in [4.69, 9.17) is 23.2 Å². The minimum absolute atomic E-state index is 0.0658. The summed E-state index contributed by atoms with van der Waals surface area (Å²) in [6.45, 7) is 0. The molecule has 4 nitrogen and oxygen atoms in total. The fourth-order valence-corrected chi connectivity index (χ4v) is 3.04. The number of nitro groups is 1. The van der Waals surface area contributed by atoms with E-state index in [-0.39, 0.29) is 5.69 Å². The van der Waals surface area contributed by atoms with Crippen LogP contribution in [0.5, 0.6) is 0 Å². The van der Waals surface area contributed by atoms with Crippen molar-refractivity contribution < 1.29 is 4.92 Å². The summed E-state index contributed by atoms with van der Waals surface area (Å²) < 4.78 is 1.24. The summed E-state index contributed by atoms with van der Waals surface area (Å²) in [4.78, 5) is 10.3. The van der Waals surface area contributed by atoms with E-state index >= 15 is 0 Å². The lowest BCUT2D eigenvalue weighted by Gasteiger charge is -2.10. The van der Waals surface area contributed by atoms with Crippen molar-refractivity contribution >= 4 is 78.8 Å². The lowest BCUT2D eigenvalue weighted by Crippen LogP contribution is -1.95. The molecule has 2 rings (SSSR count). The van der Waals surface area contributed by atoms with Gasteiger partial charge in [-0.1, -0.05) is 23.2 Å². The Balaban J connectivity index is 2.34. The van der Waals surface area contributed by atoms with E-state index in [0.717, 1.165) is 0 Å². The van der Waals surface area contributed by atoms with Gasteiger partial charge in [0.1, 0.15) is 0 Å². The van der Waals surface area contributed by atoms with Crippen LogP contribution in [0.15, 0.2) is 34.8 Å². The molecule has 2 aromatic carbocycles. The largest absolute Gasteiger partial charge is 0.354 e. The van der Waals surface area contributed by atoms with Crippen molar-refractivity contribution in [3.8, 4) is 0 Å². The second-order valence-corrected chi connectivity index (χ2v) is 6.54. The highest BCUT2D eigenvalue weighted by Gasteiger charge is 2.13. The first kappa shape index (κ1) is 15.8. The summed E-state index contributed by atoms with van der Waals surface area (Å²) in [7, 11) is 0. The molecule has 0 amide bonds. The molecule has 0 aromatic heterocycles. The molecule has 0 aliphatic heterocycles. The Hall–Kier alpha value is -0.570. The maximum atomic E-state index is 10.8. The fourth-order valence-electron chi connectivity index (χ4n) is 1.51. The van der Waals surface area contributed by atoms with Gasteiger partial charge in [0.2, 0.25) is 0 Å². The van der Waals surface area contributed by atoms with Crippen LogP contribution in [-0.4, -0.2) is 4.92 Å². The van der Waals surface area contributed by atoms with Crippen molar-refractivity contribution in [2.45, 2.75) is 0 Å². The van der Waals surface area contributed by atoms with Gasteiger partial charge in [0.25, 0.3) is 5.69 Å². The Kier molecular flexibility index (Phi) is 5.11. The van der Waals surface area contributed by atoms with E-state index in [1.54, 1.807) is 24.3 Å². The molecule has 0 aliphatic carbocycles. The maximum Gasteiger partial charge on any atom is 0.282 e. The number of nitrogens with one attached hydrogen (secondary N) is 1. The third-order valence-corrected chi connectivity index (χ3v) is 5.09. The molecule has 1 N–H and O–H groups in total. The normalized spacial score (nSPS) is 10.4. The molecule has 0 bridgehead atoms. The van der Waals surface area contributed by atoms with Gasteiger partial charge in [0, 0.05) is 16.2 Å². The van der Waals surface area contributed by atoms with Crippen LogP contribution in [0.25, 0.3) is 0 Å². The molecule has 2 aromatic rings. The Labute approximate surface area is 146 Å². The topological polar surface area (TPSA) is 55.2 Å². The van der Waals surface area contributed by atoms with E-state index in [1.165, 1.54) is 6.07 Å². The van der Waals surface area contributed by atoms with Crippen molar-refractivity contribution in [1.29, 1.82) is 0 Å².